The van der Waals surface area contributed by atoms with Gasteiger partial charge in [0.15, 0.2) is 5.13 Å². The number of esters is 1. The number of para-hydroxylation sites is 1. The third-order valence-electron chi connectivity index (χ3n) is 4.53. The molecule has 0 saturated carbocycles. The summed E-state index contributed by atoms with van der Waals surface area (Å²) in [7, 11) is 0. The summed E-state index contributed by atoms with van der Waals surface area (Å²) < 4.78 is 7.03. The van der Waals surface area contributed by atoms with Crippen molar-refractivity contribution in [1.29, 1.82) is 0 Å². The molecule has 1 N–H and O–H groups in total. The van der Waals surface area contributed by atoms with Gasteiger partial charge in [0.2, 0.25) is 5.91 Å². The Kier molecular flexibility index (Phi) is 4.46. The summed E-state index contributed by atoms with van der Waals surface area (Å²) in [5, 5.41) is 4.51. The predicted octanol–water partition coefficient (Wildman–Crippen LogP) is 3.33. The van der Waals surface area contributed by atoms with Crippen LogP contribution in [-0.2, 0) is 27.3 Å². The lowest BCUT2D eigenvalue weighted by Gasteiger charge is -2.08. The number of aryl methyl sites for hydroxylation is 1. The Labute approximate surface area is 154 Å². The van der Waals surface area contributed by atoms with Crippen LogP contribution in [0.15, 0.2) is 36.5 Å². The number of ether oxygens (including phenoxy) is 1. The lowest BCUT2D eigenvalue weighted by atomic mass is 10.1. The van der Waals surface area contributed by atoms with Gasteiger partial charge in [-0.1, -0.05) is 18.2 Å². The predicted molar refractivity (Wildman–Crippen MR) is 100 cm³/mol. The second-order valence-corrected chi connectivity index (χ2v) is 7.30. The summed E-state index contributed by atoms with van der Waals surface area (Å²) in [5.74, 6) is -0.667. The maximum absolute atomic E-state index is 12.4. The van der Waals surface area contributed by atoms with Crippen LogP contribution in [0, 0.1) is 0 Å². The highest BCUT2D eigenvalue weighted by molar-refractivity contribution is 7.16. The number of carbonyl (C=O) groups excluding carboxylic acids is 2. The fraction of sp³-hybridized carbons (Fsp3) is 0.316. The van der Waals surface area contributed by atoms with Crippen molar-refractivity contribution in [3.05, 3.63) is 47.1 Å². The molecule has 2 aromatic heterocycles. The molecule has 26 heavy (non-hydrogen) atoms. The van der Waals surface area contributed by atoms with Crippen LogP contribution in [0.5, 0.6) is 0 Å². The third kappa shape index (κ3) is 3.10. The third-order valence-corrected chi connectivity index (χ3v) is 5.58. The molecular weight excluding hydrogens is 350 g/mol. The summed E-state index contributed by atoms with van der Waals surface area (Å²) >= 11 is 1.45. The summed E-state index contributed by atoms with van der Waals surface area (Å²) in [6.45, 7) is 2.38. The highest BCUT2D eigenvalue weighted by Crippen LogP contribution is 2.38. The minimum atomic E-state index is -0.305. The topological polar surface area (TPSA) is 73.2 Å². The molecule has 7 heteroatoms. The van der Waals surface area contributed by atoms with Crippen molar-refractivity contribution >= 4 is 39.2 Å². The van der Waals surface area contributed by atoms with Gasteiger partial charge in [-0.2, -0.15) is 0 Å². The summed E-state index contributed by atoms with van der Waals surface area (Å²) in [6.07, 6.45) is 3.44. The Morgan fingerprint density at radius 1 is 1.35 bits per heavy atom. The van der Waals surface area contributed by atoms with E-state index in [1.54, 1.807) is 6.92 Å². The Morgan fingerprint density at radius 2 is 2.19 bits per heavy atom. The first-order valence-corrected chi connectivity index (χ1v) is 9.47. The zero-order valence-corrected chi connectivity index (χ0v) is 15.2. The molecule has 1 amide bonds. The normalized spacial score (nSPS) is 15.8. The minimum Gasteiger partial charge on any atom is -0.465 e. The number of aromatic nitrogens is 2. The Bertz CT molecular complexity index is 975. The lowest BCUT2D eigenvalue weighted by Crippen LogP contribution is -2.18. The van der Waals surface area contributed by atoms with E-state index in [0.717, 1.165) is 34.3 Å². The highest BCUT2D eigenvalue weighted by Gasteiger charge is 2.33. The second-order valence-electron chi connectivity index (χ2n) is 6.22. The van der Waals surface area contributed by atoms with E-state index < -0.39 is 0 Å². The molecule has 0 unspecified atom stereocenters. The number of benzene rings is 1. The standard InChI is InChI=1S/C19H19N3O3S/c1-2-25-18(24)13-7-8-15-17(13)21-19(26-15)20-16(23)11-22-10-9-12-5-3-4-6-14(12)22/h3-6,9-10,13H,2,7-8,11H2,1H3,(H,20,21,23)/t13-/m0/s1. The van der Waals surface area contributed by atoms with E-state index in [-0.39, 0.29) is 24.3 Å². The Hall–Kier alpha value is -2.67. The molecule has 1 atom stereocenters. The molecule has 0 spiro atoms. The molecule has 0 bridgehead atoms. The van der Waals surface area contributed by atoms with E-state index in [0.29, 0.717) is 11.7 Å². The van der Waals surface area contributed by atoms with Crippen LogP contribution in [0.2, 0.25) is 0 Å². The van der Waals surface area contributed by atoms with Gasteiger partial charge in [0.05, 0.1) is 12.3 Å². The molecule has 0 saturated heterocycles. The molecule has 0 radical (unpaired) electrons. The number of amides is 1. The first kappa shape index (κ1) is 16.8. The Morgan fingerprint density at radius 3 is 3.04 bits per heavy atom. The smallest absolute Gasteiger partial charge is 0.315 e. The minimum absolute atomic E-state index is 0.133. The monoisotopic (exact) mass is 369 g/mol. The second kappa shape index (κ2) is 6.92. The maximum atomic E-state index is 12.4. The molecule has 4 rings (SSSR count). The first-order valence-electron chi connectivity index (χ1n) is 8.65. The summed E-state index contributed by atoms with van der Waals surface area (Å²) in [4.78, 5) is 30.0. The van der Waals surface area contributed by atoms with Gasteiger partial charge in [-0.25, -0.2) is 4.98 Å². The van der Waals surface area contributed by atoms with Crippen molar-refractivity contribution < 1.29 is 14.3 Å². The van der Waals surface area contributed by atoms with Gasteiger partial charge in [-0.15, -0.1) is 11.3 Å². The van der Waals surface area contributed by atoms with Crippen molar-refractivity contribution in [3.63, 3.8) is 0 Å². The lowest BCUT2D eigenvalue weighted by molar-refractivity contribution is -0.145. The summed E-state index contributed by atoms with van der Waals surface area (Å²) in [6, 6.07) is 9.93. The number of thiazole rings is 1. The highest BCUT2D eigenvalue weighted by atomic mass is 32.1. The molecular formula is C19H19N3O3S. The number of hydrogen-bond acceptors (Lipinski definition) is 5. The van der Waals surface area contributed by atoms with Crippen molar-refractivity contribution in [2.45, 2.75) is 32.2 Å². The van der Waals surface area contributed by atoms with E-state index in [1.165, 1.54) is 11.3 Å². The first-order chi connectivity index (χ1) is 12.7. The molecule has 1 aliphatic rings. The molecule has 0 aliphatic heterocycles. The molecule has 0 fully saturated rings. The van der Waals surface area contributed by atoms with Gasteiger partial charge in [0.25, 0.3) is 0 Å². The van der Waals surface area contributed by atoms with E-state index in [9.17, 15) is 9.59 Å². The van der Waals surface area contributed by atoms with E-state index >= 15 is 0 Å². The largest absolute Gasteiger partial charge is 0.465 e. The van der Waals surface area contributed by atoms with Crippen molar-refractivity contribution in [2.75, 3.05) is 11.9 Å². The van der Waals surface area contributed by atoms with Crippen LogP contribution < -0.4 is 5.32 Å². The maximum Gasteiger partial charge on any atom is 0.315 e. The Balaban J connectivity index is 1.46. The van der Waals surface area contributed by atoms with Crippen molar-refractivity contribution in [2.24, 2.45) is 0 Å². The van der Waals surface area contributed by atoms with Crippen LogP contribution in [0.4, 0.5) is 5.13 Å². The SMILES string of the molecule is CCOC(=O)[C@H]1CCc2sc(NC(=O)Cn3ccc4ccccc43)nc21. The molecule has 3 aromatic rings. The van der Waals surface area contributed by atoms with Gasteiger partial charge >= 0.3 is 5.97 Å². The van der Waals surface area contributed by atoms with E-state index in [2.05, 4.69) is 10.3 Å². The molecule has 1 aliphatic carbocycles. The number of anilines is 1. The number of nitrogens with zero attached hydrogens (tertiary/aromatic N) is 2. The van der Waals surface area contributed by atoms with Crippen molar-refractivity contribution in [1.82, 2.24) is 9.55 Å². The van der Waals surface area contributed by atoms with Gasteiger partial charge < -0.3 is 14.6 Å². The number of rotatable bonds is 5. The number of nitrogens with one attached hydrogen (secondary N) is 1. The fourth-order valence-corrected chi connectivity index (χ4v) is 4.40. The molecule has 134 valence electrons. The van der Waals surface area contributed by atoms with Crippen LogP contribution in [0.3, 0.4) is 0 Å². The average molecular weight is 369 g/mol. The van der Waals surface area contributed by atoms with Crippen LogP contribution in [0.25, 0.3) is 10.9 Å². The van der Waals surface area contributed by atoms with Crippen LogP contribution in [0.1, 0.15) is 29.8 Å². The van der Waals surface area contributed by atoms with Crippen LogP contribution >= 0.6 is 11.3 Å². The fourth-order valence-electron chi connectivity index (χ4n) is 3.34. The molecule has 2 heterocycles. The van der Waals surface area contributed by atoms with Gasteiger partial charge in [0.1, 0.15) is 12.5 Å². The van der Waals surface area contributed by atoms with Crippen molar-refractivity contribution in [3.8, 4) is 0 Å². The number of fused-ring (bicyclic) bond motifs is 2. The molecule has 1 aromatic carbocycles. The zero-order valence-electron chi connectivity index (χ0n) is 14.4. The molecule has 6 nitrogen and oxygen atoms in total. The van der Waals surface area contributed by atoms with E-state index in [4.69, 9.17) is 4.74 Å². The van der Waals surface area contributed by atoms with E-state index in [1.807, 2.05) is 41.1 Å². The van der Waals surface area contributed by atoms with Gasteiger partial charge in [0, 0.05) is 16.6 Å². The van der Waals surface area contributed by atoms with Gasteiger partial charge in [-0.05, 0) is 37.3 Å². The average Bonchev–Trinajstić information content (AvgIpc) is 3.29. The zero-order chi connectivity index (χ0) is 18.1. The summed E-state index contributed by atoms with van der Waals surface area (Å²) in [5.41, 5.74) is 1.78. The van der Waals surface area contributed by atoms with Gasteiger partial charge in [-0.3, -0.25) is 9.59 Å². The quantitative estimate of drug-likeness (QED) is 0.700. The number of hydrogen-bond donors (Lipinski definition) is 1. The number of carbonyl (C=O) groups is 2. The van der Waals surface area contributed by atoms with Crippen LogP contribution in [-0.4, -0.2) is 28.0 Å².